The lowest BCUT2D eigenvalue weighted by molar-refractivity contribution is 0.0988. The number of nitrogens with zero attached hydrogens (tertiary/aromatic N) is 1. The van der Waals surface area contributed by atoms with Gasteiger partial charge in [0.1, 0.15) is 0 Å². The zero-order chi connectivity index (χ0) is 9.97. The van der Waals surface area contributed by atoms with Crippen LogP contribution in [0.15, 0.2) is 36.5 Å². The molecule has 1 aromatic carbocycles. The molecule has 0 aliphatic rings. The van der Waals surface area contributed by atoms with Crippen molar-refractivity contribution in [1.29, 1.82) is 0 Å². The lowest BCUT2D eigenvalue weighted by Gasteiger charge is -1.99. The van der Waals surface area contributed by atoms with Crippen LogP contribution in [0.1, 0.15) is 23.7 Å². The normalized spacial score (nSPS) is 10.4. The van der Waals surface area contributed by atoms with Gasteiger partial charge in [0.2, 0.25) is 0 Å². The molecule has 14 heavy (non-hydrogen) atoms. The highest BCUT2D eigenvalue weighted by Crippen LogP contribution is 2.13. The summed E-state index contributed by atoms with van der Waals surface area (Å²) in [4.78, 5) is 15.6. The summed E-state index contributed by atoms with van der Waals surface area (Å²) in [5.41, 5.74) is 1.63. The van der Waals surface area contributed by atoms with Gasteiger partial charge in [-0.05, 0) is 12.1 Å². The van der Waals surface area contributed by atoms with Gasteiger partial charge in [0, 0.05) is 23.6 Å². The van der Waals surface area contributed by atoms with E-state index < -0.39 is 0 Å². The van der Waals surface area contributed by atoms with E-state index in [-0.39, 0.29) is 5.78 Å². The lowest BCUT2D eigenvalue weighted by atomic mass is 10.1. The summed E-state index contributed by atoms with van der Waals surface area (Å²) in [6.07, 6.45) is 2.17. The van der Waals surface area contributed by atoms with E-state index in [0.29, 0.717) is 12.0 Å². The predicted octanol–water partition coefficient (Wildman–Crippen LogP) is 2.83. The largest absolute Gasteiger partial charge is 0.294 e. The van der Waals surface area contributed by atoms with Gasteiger partial charge in [0.15, 0.2) is 5.78 Å². The molecule has 0 bridgehead atoms. The Balaban J connectivity index is 2.56. The van der Waals surface area contributed by atoms with Gasteiger partial charge in [-0.3, -0.25) is 9.78 Å². The third-order valence-corrected chi connectivity index (χ3v) is 2.23. The summed E-state index contributed by atoms with van der Waals surface area (Å²) >= 11 is 0. The number of hydrogen-bond acceptors (Lipinski definition) is 2. The Morgan fingerprint density at radius 1 is 1.36 bits per heavy atom. The van der Waals surface area contributed by atoms with Crippen LogP contribution in [0.3, 0.4) is 0 Å². The quantitative estimate of drug-likeness (QED) is 0.673. The van der Waals surface area contributed by atoms with E-state index in [9.17, 15) is 4.79 Å². The van der Waals surface area contributed by atoms with Crippen molar-refractivity contribution in [3.05, 3.63) is 42.1 Å². The first-order chi connectivity index (χ1) is 6.81. The second-order valence-electron chi connectivity index (χ2n) is 3.19. The zero-order valence-electron chi connectivity index (χ0n) is 8.03. The summed E-state index contributed by atoms with van der Waals surface area (Å²) in [6.45, 7) is 1.86. The second kappa shape index (κ2) is 3.58. The highest BCUT2D eigenvalue weighted by atomic mass is 16.1. The smallest absolute Gasteiger partial charge is 0.164 e. The predicted molar refractivity (Wildman–Crippen MR) is 56.4 cm³/mol. The van der Waals surface area contributed by atoms with Crippen LogP contribution >= 0.6 is 0 Å². The molecule has 0 unspecified atom stereocenters. The number of Topliss-reactive ketones (excluding diaryl/α,β-unsaturated/α-hetero) is 1. The summed E-state index contributed by atoms with van der Waals surface area (Å²) in [7, 11) is 0. The fourth-order valence-electron chi connectivity index (χ4n) is 1.43. The van der Waals surface area contributed by atoms with Crippen molar-refractivity contribution in [2.24, 2.45) is 0 Å². The number of rotatable bonds is 2. The monoisotopic (exact) mass is 185 g/mol. The Morgan fingerprint density at radius 2 is 2.14 bits per heavy atom. The lowest BCUT2D eigenvalue weighted by Crippen LogP contribution is -1.97. The molecule has 0 saturated heterocycles. The molecule has 0 aliphatic heterocycles. The molecule has 0 atom stereocenters. The van der Waals surface area contributed by atoms with Crippen LogP contribution in [0.25, 0.3) is 10.9 Å². The van der Waals surface area contributed by atoms with Crippen LogP contribution in [0.4, 0.5) is 0 Å². The molecular weight excluding hydrogens is 174 g/mol. The number of ketones is 1. The number of benzene rings is 1. The number of pyridine rings is 1. The molecule has 0 amide bonds. The maximum atomic E-state index is 11.4. The van der Waals surface area contributed by atoms with Gasteiger partial charge in [0.25, 0.3) is 0 Å². The third-order valence-electron chi connectivity index (χ3n) is 2.23. The first-order valence-corrected chi connectivity index (χ1v) is 4.69. The number of carbonyl (C=O) groups is 1. The van der Waals surface area contributed by atoms with Gasteiger partial charge in [0.05, 0.1) is 5.52 Å². The minimum Gasteiger partial charge on any atom is -0.294 e. The topological polar surface area (TPSA) is 30.0 Å². The molecule has 2 heteroatoms. The number of fused-ring (bicyclic) bond motifs is 1. The SMILES string of the molecule is CCC(=O)c1cnc2ccccc2c1. The van der Waals surface area contributed by atoms with E-state index in [2.05, 4.69) is 4.98 Å². The molecule has 2 rings (SSSR count). The van der Waals surface area contributed by atoms with Gasteiger partial charge in [-0.1, -0.05) is 25.1 Å². The Kier molecular flexibility index (Phi) is 2.27. The van der Waals surface area contributed by atoms with Crippen LogP contribution < -0.4 is 0 Å². The maximum Gasteiger partial charge on any atom is 0.164 e. The van der Waals surface area contributed by atoms with Crippen molar-refractivity contribution in [3.8, 4) is 0 Å². The summed E-state index contributed by atoms with van der Waals surface area (Å²) < 4.78 is 0. The Labute approximate surface area is 82.6 Å². The first-order valence-electron chi connectivity index (χ1n) is 4.69. The number of aromatic nitrogens is 1. The Hall–Kier alpha value is -1.70. The van der Waals surface area contributed by atoms with E-state index in [4.69, 9.17) is 0 Å². The van der Waals surface area contributed by atoms with Gasteiger partial charge in [-0.15, -0.1) is 0 Å². The van der Waals surface area contributed by atoms with E-state index >= 15 is 0 Å². The summed E-state index contributed by atoms with van der Waals surface area (Å²) in [6, 6.07) is 9.69. The minimum absolute atomic E-state index is 0.142. The van der Waals surface area contributed by atoms with Crippen LogP contribution in [0.2, 0.25) is 0 Å². The molecule has 1 aromatic heterocycles. The molecule has 0 saturated carbocycles. The molecule has 0 fully saturated rings. The average Bonchev–Trinajstić information content (AvgIpc) is 2.27. The summed E-state index contributed by atoms with van der Waals surface area (Å²) in [5.74, 6) is 0.142. The Bertz CT molecular complexity index is 476. The molecule has 2 aromatic rings. The fourth-order valence-corrected chi connectivity index (χ4v) is 1.43. The van der Waals surface area contributed by atoms with Gasteiger partial charge in [-0.25, -0.2) is 0 Å². The van der Waals surface area contributed by atoms with Crippen LogP contribution in [0, 0.1) is 0 Å². The van der Waals surface area contributed by atoms with Crippen molar-refractivity contribution in [2.75, 3.05) is 0 Å². The zero-order valence-corrected chi connectivity index (χ0v) is 8.03. The third kappa shape index (κ3) is 1.51. The highest BCUT2D eigenvalue weighted by molar-refractivity contribution is 5.98. The molecule has 1 heterocycles. The standard InChI is InChI=1S/C12H11NO/c1-2-12(14)10-7-9-5-3-4-6-11(9)13-8-10/h3-8H,2H2,1H3. The number of hydrogen-bond donors (Lipinski definition) is 0. The average molecular weight is 185 g/mol. The maximum absolute atomic E-state index is 11.4. The molecule has 0 spiro atoms. The van der Waals surface area contributed by atoms with E-state index in [1.54, 1.807) is 6.20 Å². The van der Waals surface area contributed by atoms with Crippen LogP contribution in [0.5, 0.6) is 0 Å². The van der Waals surface area contributed by atoms with Crippen molar-refractivity contribution < 1.29 is 4.79 Å². The number of para-hydroxylation sites is 1. The number of carbonyl (C=O) groups excluding carboxylic acids is 1. The van der Waals surface area contributed by atoms with E-state index in [0.717, 1.165) is 10.9 Å². The second-order valence-corrected chi connectivity index (χ2v) is 3.19. The van der Waals surface area contributed by atoms with Crippen molar-refractivity contribution >= 4 is 16.7 Å². The summed E-state index contributed by atoms with van der Waals surface area (Å²) in [5, 5.41) is 1.02. The van der Waals surface area contributed by atoms with E-state index in [1.807, 2.05) is 37.3 Å². The van der Waals surface area contributed by atoms with Crippen LogP contribution in [-0.4, -0.2) is 10.8 Å². The highest BCUT2D eigenvalue weighted by Gasteiger charge is 2.03. The van der Waals surface area contributed by atoms with E-state index in [1.165, 1.54) is 0 Å². The first kappa shape index (κ1) is 8.88. The fraction of sp³-hybridized carbons (Fsp3) is 0.167. The Morgan fingerprint density at radius 3 is 2.93 bits per heavy atom. The van der Waals surface area contributed by atoms with Crippen molar-refractivity contribution in [1.82, 2.24) is 4.98 Å². The molecular formula is C12H11NO. The van der Waals surface area contributed by atoms with Gasteiger partial charge < -0.3 is 0 Å². The molecule has 0 aliphatic carbocycles. The molecule has 0 radical (unpaired) electrons. The molecule has 0 N–H and O–H groups in total. The van der Waals surface area contributed by atoms with Crippen molar-refractivity contribution in [2.45, 2.75) is 13.3 Å². The van der Waals surface area contributed by atoms with Gasteiger partial charge >= 0.3 is 0 Å². The van der Waals surface area contributed by atoms with Crippen molar-refractivity contribution in [3.63, 3.8) is 0 Å². The van der Waals surface area contributed by atoms with Gasteiger partial charge in [-0.2, -0.15) is 0 Å². The molecule has 70 valence electrons. The van der Waals surface area contributed by atoms with Crippen LogP contribution in [-0.2, 0) is 0 Å². The molecule has 2 nitrogen and oxygen atoms in total. The minimum atomic E-state index is 0.142.